The molecule has 1 aliphatic heterocycles. The molecule has 2 nitrogen and oxygen atoms in total. The van der Waals surface area contributed by atoms with Crippen LogP contribution in [0.4, 0.5) is 0 Å². The Morgan fingerprint density at radius 1 is 1.56 bits per heavy atom. The van der Waals surface area contributed by atoms with E-state index >= 15 is 0 Å². The van der Waals surface area contributed by atoms with Crippen LogP contribution < -0.4 is 0 Å². The first kappa shape index (κ1) is 9.50. The molecule has 1 unspecified atom stereocenters. The summed E-state index contributed by atoms with van der Waals surface area (Å²) in [6, 6.07) is 0. The van der Waals surface area contributed by atoms with Crippen LogP contribution in [0.5, 0.6) is 0 Å². The lowest BCUT2D eigenvalue weighted by atomic mass is 10.6. The van der Waals surface area contributed by atoms with Crippen molar-refractivity contribution in [3.8, 4) is 0 Å². The fraction of sp³-hybridized carbons (Fsp3) is 0.600. The third-order valence-electron chi connectivity index (χ3n) is 1.22. The maximum absolute atomic E-state index is 2.63. The molecule has 0 aromatic heterocycles. The van der Waals surface area contributed by atoms with Gasteiger partial charge < -0.3 is 9.57 Å². The van der Waals surface area contributed by atoms with Gasteiger partial charge in [0.1, 0.15) is 0 Å². The van der Waals surface area contributed by atoms with Crippen LogP contribution in [-0.2, 0) is 0 Å². The van der Waals surface area contributed by atoms with Crippen LogP contribution in [0.15, 0.2) is 12.4 Å². The minimum atomic E-state index is 0. The number of hydrogen-bond donors (Lipinski definition) is 0. The van der Waals surface area contributed by atoms with Crippen LogP contribution >= 0.6 is 33.4 Å². The number of nitrogens with zero attached hydrogens (tertiary/aromatic N) is 2. The molecular formula is C5H12IN2P. The molecule has 0 aromatic rings. The Morgan fingerprint density at radius 3 is 2.44 bits per heavy atom. The summed E-state index contributed by atoms with van der Waals surface area (Å²) in [6.45, 7) is 4.26. The Hall–Kier alpha value is 0.500. The van der Waals surface area contributed by atoms with Crippen LogP contribution in [0, 0.1) is 0 Å². The molecule has 0 amide bonds. The first-order valence-electron chi connectivity index (χ1n) is 2.76. The number of rotatable bonds is 1. The van der Waals surface area contributed by atoms with E-state index in [-0.39, 0.29) is 24.0 Å². The van der Waals surface area contributed by atoms with E-state index in [2.05, 4.69) is 32.1 Å². The van der Waals surface area contributed by atoms with Gasteiger partial charge in [0.2, 0.25) is 0 Å². The lowest BCUT2D eigenvalue weighted by Crippen LogP contribution is -2.18. The molecule has 0 saturated carbocycles. The van der Waals surface area contributed by atoms with Gasteiger partial charge in [-0.15, -0.1) is 24.0 Å². The van der Waals surface area contributed by atoms with Crippen molar-refractivity contribution in [2.24, 2.45) is 0 Å². The second kappa shape index (κ2) is 4.34. The van der Waals surface area contributed by atoms with Gasteiger partial charge in [-0.05, 0) is 16.3 Å². The van der Waals surface area contributed by atoms with E-state index in [9.17, 15) is 0 Å². The molecular weight excluding hydrogens is 246 g/mol. The molecule has 1 aliphatic rings. The van der Waals surface area contributed by atoms with E-state index in [0.717, 1.165) is 13.2 Å². The Morgan fingerprint density at radius 2 is 2.22 bits per heavy atom. The molecule has 1 atom stereocenters. The van der Waals surface area contributed by atoms with E-state index in [1.165, 1.54) is 0 Å². The third-order valence-corrected chi connectivity index (χ3v) is 1.56. The summed E-state index contributed by atoms with van der Waals surface area (Å²) in [4.78, 5) is 2.23. The van der Waals surface area contributed by atoms with E-state index < -0.39 is 0 Å². The van der Waals surface area contributed by atoms with Crippen LogP contribution in [-0.4, -0.2) is 22.8 Å². The fourth-order valence-corrected chi connectivity index (χ4v) is 0.976. The molecule has 0 radical (unpaired) electrons. The van der Waals surface area contributed by atoms with Crippen LogP contribution in [0.2, 0.25) is 0 Å². The average molecular weight is 258 g/mol. The van der Waals surface area contributed by atoms with E-state index in [1.54, 1.807) is 0 Å². The molecule has 9 heavy (non-hydrogen) atoms. The minimum Gasteiger partial charge on any atom is -0.359 e. The lowest BCUT2D eigenvalue weighted by Gasteiger charge is -2.14. The Balaban J connectivity index is 0.000000640. The van der Waals surface area contributed by atoms with Crippen LogP contribution in [0.25, 0.3) is 0 Å². The highest BCUT2D eigenvalue weighted by Gasteiger charge is 2.03. The fourth-order valence-electron chi connectivity index (χ4n) is 0.689. The summed E-state index contributed by atoms with van der Waals surface area (Å²) in [5.74, 6) is 0. The monoisotopic (exact) mass is 258 g/mol. The summed E-state index contributed by atoms with van der Waals surface area (Å²) in [7, 11) is 2.63. The van der Waals surface area contributed by atoms with Gasteiger partial charge in [-0.1, -0.05) is 0 Å². The predicted molar refractivity (Wildman–Crippen MR) is 53.4 cm³/mol. The van der Waals surface area contributed by atoms with Crippen LogP contribution in [0.3, 0.4) is 0 Å². The number of halogens is 1. The Bertz CT molecular complexity index is 107. The summed E-state index contributed by atoms with van der Waals surface area (Å²) >= 11 is 0. The van der Waals surface area contributed by atoms with Crippen LogP contribution in [0.1, 0.15) is 6.92 Å². The van der Waals surface area contributed by atoms with Crippen molar-refractivity contribution < 1.29 is 0 Å². The van der Waals surface area contributed by atoms with Crippen molar-refractivity contribution in [1.82, 2.24) is 9.57 Å². The van der Waals surface area contributed by atoms with Gasteiger partial charge in [-0.25, -0.2) is 0 Å². The maximum Gasteiger partial charge on any atom is 0.0923 e. The Labute approximate surface area is 75.6 Å². The molecule has 1 heterocycles. The average Bonchev–Trinajstić information content (AvgIpc) is 2.14. The summed E-state index contributed by atoms with van der Waals surface area (Å²) in [5, 5.41) is 0. The standard InChI is InChI=1S/C5H11N2P.HI/c1-2-6-3-4-7(8)5-6;/h3-4H,2,5,8H2,1H3;1H. The summed E-state index contributed by atoms with van der Waals surface area (Å²) in [5.41, 5.74) is 0. The first-order chi connectivity index (χ1) is 3.83. The van der Waals surface area contributed by atoms with Gasteiger partial charge in [0.25, 0.3) is 0 Å². The SMILES string of the molecule is CCN1C=CN(P)C1.I. The van der Waals surface area contributed by atoms with Crippen molar-refractivity contribution in [3.05, 3.63) is 12.4 Å². The lowest BCUT2D eigenvalue weighted by molar-refractivity contribution is 0.362. The topological polar surface area (TPSA) is 6.48 Å². The van der Waals surface area contributed by atoms with Crippen molar-refractivity contribution in [1.29, 1.82) is 0 Å². The number of hydrogen-bond acceptors (Lipinski definition) is 2. The second-order valence-corrected chi connectivity index (χ2v) is 2.52. The van der Waals surface area contributed by atoms with Gasteiger partial charge >= 0.3 is 0 Å². The smallest absolute Gasteiger partial charge is 0.0923 e. The quantitative estimate of drug-likeness (QED) is 0.519. The third kappa shape index (κ3) is 2.72. The molecule has 0 N–H and O–H groups in total. The zero-order chi connectivity index (χ0) is 5.98. The molecule has 0 saturated heterocycles. The zero-order valence-corrected chi connectivity index (χ0v) is 8.93. The van der Waals surface area contributed by atoms with Gasteiger partial charge in [-0.3, -0.25) is 0 Å². The molecule has 0 aliphatic carbocycles. The van der Waals surface area contributed by atoms with Gasteiger partial charge in [0.05, 0.1) is 6.67 Å². The highest BCUT2D eigenvalue weighted by molar-refractivity contribution is 14.0. The molecule has 0 spiro atoms. The summed E-state index contributed by atoms with van der Waals surface area (Å²) < 4.78 is 2.07. The van der Waals surface area contributed by atoms with Crippen molar-refractivity contribution in [3.63, 3.8) is 0 Å². The zero-order valence-electron chi connectivity index (χ0n) is 5.45. The molecule has 0 fully saturated rings. The molecule has 0 aromatic carbocycles. The maximum atomic E-state index is 2.63. The van der Waals surface area contributed by atoms with Crippen molar-refractivity contribution in [2.45, 2.75) is 6.92 Å². The minimum absolute atomic E-state index is 0. The van der Waals surface area contributed by atoms with E-state index in [0.29, 0.717) is 0 Å². The van der Waals surface area contributed by atoms with Crippen molar-refractivity contribution in [2.75, 3.05) is 13.2 Å². The van der Waals surface area contributed by atoms with Gasteiger partial charge in [0, 0.05) is 18.9 Å². The Kier molecular flexibility index (Phi) is 4.58. The van der Waals surface area contributed by atoms with Gasteiger partial charge in [0.15, 0.2) is 0 Å². The molecule has 1 rings (SSSR count). The molecule has 4 heteroatoms. The van der Waals surface area contributed by atoms with Crippen molar-refractivity contribution >= 4 is 33.4 Å². The molecule has 0 bridgehead atoms. The first-order valence-corrected chi connectivity index (χ1v) is 3.28. The second-order valence-electron chi connectivity index (χ2n) is 1.86. The van der Waals surface area contributed by atoms with Gasteiger partial charge in [-0.2, -0.15) is 0 Å². The highest BCUT2D eigenvalue weighted by Crippen LogP contribution is 2.09. The normalized spacial score (nSPS) is 16.2. The summed E-state index contributed by atoms with van der Waals surface area (Å²) in [6.07, 6.45) is 4.14. The van der Waals surface area contributed by atoms with E-state index in [4.69, 9.17) is 0 Å². The van der Waals surface area contributed by atoms with E-state index in [1.807, 2.05) is 6.20 Å². The highest BCUT2D eigenvalue weighted by atomic mass is 127. The predicted octanol–water partition coefficient (Wildman–Crippen LogP) is 1.46. The molecule has 54 valence electrons. The largest absolute Gasteiger partial charge is 0.359 e.